The minimum Gasteiger partial charge on any atom is -0.350 e. The molecule has 1 fully saturated rings. The molecule has 136 valence electrons. The normalized spacial score (nSPS) is 14.4. The fraction of sp³-hybridized carbons (Fsp3) is 0.368. The highest BCUT2D eigenvalue weighted by molar-refractivity contribution is 5.98. The van der Waals surface area contributed by atoms with Gasteiger partial charge in [-0.2, -0.15) is 0 Å². The molecule has 7 heteroatoms. The van der Waals surface area contributed by atoms with E-state index in [0.29, 0.717) is 43.3 Å². The second kappa shape index (κ2) is 7.95. The van der Waals surface area contributed by atoms with Crippen molar-refractivity contribution < 1.29 is 9.59 Å². The number of amides is 2. The minimum absolute atomic E-state index is 0.0190. The Bertz CT molecular complexity index is 753. The van der Waals surface area contributed by atoms with E-state index in [2.05, 4.69) is 20.2 Å². The van der Waals surface area contributed by atoms with Gasteiger partial charge in [-0.3, -0.25) is 9.59 Å². The van der Waals surface area contributed by atoms with E-state index in [0.717, 1.165) is 0 Å². The van der Waals surface area contributed by atoms with Crippen molar-refractivity contribution in [3.63, 3.8) is 0 Å². The van der Waals surface area contributed by atoms with Gasteiger partial charge in [0.05, 0.1) is 0 Å². The minimum atomic E-state index is -0.129. The molecule has 0 radical (unpaired) electrons. The molecular weight excluding hydrogens is 330 g/mol. The Morgan fingerprint density at radius 2 is 1.54 bits per heavy atom. The maximum Gasteiger partial charge on any atom is 0.253 e. The van der Waals surface area contributed by atoms with Crippen LogP contribution < -0.4 is 10.2 Å². The standard InChI is InChI=1S/C19H23N5O2/c1-14(2)22-17(25)15-4-6-16(7-5-15)18(26)23-10-12-24(13-11-23)19-20-8-3-9-21-19/h3-9,14H,10-13H2,1-2H3,(H,22,25). The van der Waals surface area contributed by atoms with Crippen LogP contribution >= 0.6 is 0 Å². The van der Waals surface area contributed by atoms with Crippen LogP contribution in [-0.4, -0.2) is 58.9 Å². The van der Waals surface area contributed by atoms with Crippen LogP contribution in [0.4, 0.5) is 5.95 Å². The van der Waals surface area contributed by atoms with Crippen molar-refractivity contribution in [3.05, 3.63) is 53.9 Å². The van der Waals surface area contributed by atoms with Crippen molar-refractivity contribution in [3.8, 4) is 0 Å². The fourth-order valence-corrected chi connectivity index (χ4v) is 2.86. The summed E-state index contributed by atoms with van der Waals surface area (Å²) in [4.78, 5) is 37.1. The fourth-order valence-electron chi connectivity index (χ4n) is 2.86. The van der Waals surface area contributed by atoms with Crippen LogP contribution in [0.1, 0.15) is 34.6 Å². The third-order valence-corrected chi connectivity index (χ3v) is 4.22. The van der Waals surface area contributed by atoms with Crippen LogP contribution in [0.25, 0.3) is 0 Å². The number of hydrogen-bond donors (Lipinski definition) is 1. The summed E-state index contributed by atoms with van der Waals surface area (Å²) in [5.74, 6) is 0.546. The monoisotopic (exact) mass is 353 g/mol. The number of aromatic nitrogens is 2. The summed E-state index contributed by atoms with van der Waals surface area (Å²) in [5.41, 5.74) is 1.15. The van der Waals surface area contributed by atoms with Gasteiger partial charge < -0.3 is 15.1 Å². The van der Waals surface area contributed by atoms with E-state index in [9.17, 15) is 9.59 Å². The second-order valence-electron chi connectivity index (χ2n) is 6.53. The Hall–Kier alpha value is -2.96. The van der Waals surface area contributed by atoms with Gasteiger partial charge in [-0.25, -0.2) is 9.97 Å². The molecule has 0 bridgehead atoms. The van der Waals surface area contributed by atoms with Crippen LogP contribution in [0.15, 0.2) is 42.7 Å². The van der Waals surface area contributed by atoms with Crippen molar-refractivity contribution in [2.45, 2.75) is 19.9 Å². The Kier molecular flexibility index (Phi) is 5.46. The van der Waals surface area contributed by atoms with Crippen molar-refractivity contribution in [2.75, 3.05) is 31.1 Å². The molecule has 0 spiro atoms. The average Bonchev–Trinajstić information content (AvgIpc) is 2.68. The average molecular weight is 353 g/mol. The SMILES string of the molecule is CC(C)NC(=O)c1ccc(C(=O)N2CCN(c3ncccn3)CC2)cc1. The van der Waals surface area contributed by atoms with Gasteiger partial charge in [-0.15, -0.1) is 0 Å². The summed E-state index contributed by atoms with van der Waals surface area (Å²) in [6, 6.07) is 8.68. The molecular formula is C19H23N5O2. The van der Waals surface area contributed by atoms with Crippen molar-refractivity contribution in [1.82, 2.24) is 20.2 Å². The molecule has 1 saturated heterocycles. The Morgan fingerprint density at radius 3 is 2.12 bits per heavy atom. The molecule has 0 aliphatic carbocycles. The summed E-state index contributed by atoms with van der Waals surface area (Å²) < 4.78 is 0. The number of carbonyl (C=O) groups excluding carboxylic acids is 2. The van der Waals surface area contributed by atoms with Crippen molar-refractivity contribution >= 4 is 17.8 Å². The Morgan fingerprint density at radius 1 is 0.962 bits per heavy atom. The van der Waals surface area contributed by atoms with Crippen LogP contribution in [0.5, 0.6) is 0 Å². The topological polar surface area (TPSA) is 78.4 Å². The highest BCUT2D eigenvalue weighted by Gasteiger charge is 2.23. The number of carbonyl (C=O) groups is 2. The number of nitrogens with one attached hydrogen (secondary N) is 1. The zero-order chi connectivity index (χ0) is 18.5. The van der Waals surface area contributed by atoms with Crippen LogP contribution in [-0.2, 0) is 0 Å². The van der Waals surface area contributed by atoms with Gasteiger partial charge in [0.2, 0.25) is 5.95 Å². The van der Waals surface area contributed by atoms with Gasteiger partial charge in [-0.05, 0) is 44.2 Å². The Labute approximate surface area is 153 Å². The molecule has 0 saturated carbocycles. The van der Waals surface area contributed by atoms with Gasteiger partial charge in [0, 0.05) is 55.7 Å². The molecule has 3 rings (SSSR count). The van der Waals surface area contributed by atoms with Gasteiger partial charge in [0.1, 0.15) is 0 Å². The number of hydrogen-bond acceptors (Lipinski definition) is 5. The molecule has 7 nitrogen and oxygen atoms in total. The summed E-state index contributed by atoms with van der Waals surface area (Å²) >= 11 is 0. The molecule has 0 unspecified atom stereocenters. The summed E-state index contributed by atoms with van der Waals surface area (Å²) in [6.07, 6.45) is 3.44. The quantitative estimate of drug-likeness (QED) is 0.903. The van der Waals surface area contributed by atoms with E-state index >= 15 is 0 Å². The van der Waals surface area contributed by atoms with E-state index in [1.807, 2.05) is 18.7 Å². The maximum atomic E-state index is 12.7. The Balaban J connectivity index is 1.59. The lowest BCUT2D eigenvalue weighted by Crippen LogP contribution is -2.49. The summed E-state index contributed by atoms with van der Waals surface area (Å²) in [5, 5.41) is 2.84. The number of piperazine rings is 1. The molecule has 1 N–H and O–H groups in total. The molecule has 1 aliphatic heterocycles. The van der Waals surface area contributed by atoms with E-state index in [1.54, 1.807) is 42.7 Å². The lowest BCUT2D eigenvalue weighted by Gasteiger charge is -2.34. The van der Waals surface area contributed by atoms with Gasteiger partial charge in [-0.1, -0.05) is 0 Å². The van der Waals surface area contributed by atoms with Crippen LogP contribution in [0.2, 0.25) is 0 Å². The lowest BCUT2D eigenvalue weighted by atomic mass is 10.1. The van der Waals surface area contributed by atoms with Gasteiger partial charge >= 0.3 is 0 Å². The number of benzene rings is 1. The third kappa shape index (κ3) is 4.17. The molecule has 2 amide bonds. The van der Waals surface area contributed by atoms with E-state index < -0.39 is 0 Å². The van der Waals surface area contributed by atoms with Crippen molar-refractivity contribution in [2.24, 2.45) is 0 Å². The first-order valence-corrected chi connectivity index (χ1v) is 8.77. The summed E-state index contributed by atoms with van der Waals surface area (Å²) in [6.45, 7) is 6.46. The molecule has 1 aromatic heterocycles. The number of nitrogens with zero attached hydrogens (tertiary/aromatic N) is 4. The third-order valence-electron chi connectivity index (χ3n) is 4.22. The maximum absolute atomic E-state index is 12.7. The summed E-state index contributed by atoms with van der Waals surface area (Å²) in [7, 11) is 0. The van der Waals surface area contributed by atoms with Crippen LogP contribution in [0, 0.1) is 0 Å². The van der Waals surface area contributed by atoms with Crippen molar-refractivity contribution in [1.29, 1.82) is 0 Å². The highest BCUT2D eigenvalue weighted by Crippen LogP contribution is 2.13. The first-order valence-electron chi connectivity index (χ1n) is 8.77. The first-order chi connectivity index (χ1) is 12.5. The van der Waals surface area contributed by atoms with E-state index in [-0.39, 0.29) is 17.9 Å². The molecule has 0 atom stereocenters. The number of rotatable bonds is 4. The number of anilines is 1. The first kappa shape index (κ1) is 17.8. The van der Waals surface area contributed by atoms with E-state index in [1.165, 1.54) is 0 Å². The zero-order valence-corrected chi connectivity index (χ0v) is 15.1. The lowest BCUT2D eigenvalue weighted by molar-refractivity contribution is 0.0745. The molecule has 1 aliphatic rings. The second-order valence-corrected chi connectivity index (χ2v) is 6.53. The van der Waals surface area contributed by atoms with E-state index in [4.69, 9.17) is 0 Å². The van der Waals surface area contributed by atoms with Gasteiger partial charge in [0.25, 0.3) is 11.8 Å². The predicted octanol–water partition coefficient (Wildman–Crippen LogP) is 1.58. The molecule has 1 aromatic carbocycles. The predicted molar refractivity (Wildman–Crippen MR) is 99.2 cm³/mol. The van der Waals surface area contributed by atoms with Crippen LogP contribution in [0.3, 0.4) is 0 Å². The largest absolute Gasteiger partial charge is 0.350 e. The van der Waals surface area contributed by atoms with Gasteiger partial charge in [0.15, 0.2) is 0 Å². The molecule has 2 aromatic rings. The zero-order valence-electron chi connectivity index (χ0n) is 15.1. The molecule has 26 heavy (non-hydrogen) atoms. The highest BCUT2D eigenvalue weighted by atomic mass is 16.2. The molecule has 2 heterocycles. The smallest absolute Gasteiger partial charge is 0.253 e.